The predicted molar refractivity (Wildman–Crippen MR) is 137 cm³/mol. The summed E-state index contributed by atoms with van der Waals surface area (Å²) in [4.78, 5) is 0. The van der Waals surface area contributed by atoms with E-state index >= 15 is 0 Å². The number of hydrogen-bond donors (Lipinski definition) is 0. The van der Waals surface area contributed by atoms with Crippen LogP contribution in [0, 0.1) is 35.3 Å². The lowest BCUT2D eigenvalue weighted by molar-refractivity contribution is -0.00790. The maximum absolute atomic E-state index is 14.7. The molecule has 0 aromatic heterocycles. The van der Waals surface area contributed by atoms with Gasteiger partial charge in [-0.2, -0.15) is 0 Å². The minimum Gasteiger partial charge on any atom is -0.378 e. The third-order valence-corrected chi connectivity index (χ3v) is 9.54. The van der Waals surface area contributed by atoms with Crippen LogP contribution in [0.4, 0.5) is 8.78 Å². The molecule has 0 heterocycles. The summed E-state index contributed by atoms with van der Waals surface area (Å²) in [5.41, 5.74) is 1.09. The molecule has 34 heavy (non-hydrogen) atoms. The fourth-order valence-electron chi connectivity index (χ4n) is 7.38. The zero-order chi connectivity index (χ0) is 23.9. The molecule has 192 valence electrons. The Kier molecular flexibility index (Phi) is 9.86. The Bertz CT molecular complexity index is 738. The number of ether oxygens (including phenoxy) is 1. The summed E-state index contributed by atoms with van der Waals surface area (Å²) in [7, 11) is 0. The van der Waals surface area contributed by atoms with E-state index < -0.39 is 11.6 Å². The van der Waals surface area contributed by atoms with Crippen LogP contribution in [-0.2, 0) is 11.2 Å². The molecule has 4 rings (SSSR count). The molecule has 1 aromatic rings. The molecule has 0 radical (unpaired) electrons. The quantitative estimate of drug-likeness (QED) is 0.346. The Labute approximate surface area is 207 Å². The highest BCUT2D eigenvalue weighted by Gasteiger charge is 2.32. The van der Waals surface area contributed by atoms with Crippen LogP contribution in [0.25, 0.3) is 0 Å². The molecule has 3 aliphatic rings. The molecule has 0 N–H and O–H groups in total. The Morgan fingerprint density at radius 2 is 1.32 bits per heavy atom. The van der Waals surface area contributed by atoms with Crippen LogP contribution in [0.15, 0.2) is 12.1 Å². The van der Waals surface area contributed by atoms with Gasteiger partial charge in [-0.15, -0.1) is 0 Å². The standard InChI is InChI=1S/C31H48F2O/c1-3-5-22-7-11-24(12-8-22)25-13-9-23(10-14-25)21-34-28-18-15-26(16-19-28)29-20-17-27(6-4-2)30(32)31(29)33/h17,20,22-26,28H,3-16,18-19,21H2,1-2H3. The monoisotopic (exact) mass is 474 g/mol. The van der Waals surface area contributed by atoms with Crippen molar-refractivity contribution in [3.63, 3.8) is 0 Å². The van der Waals surface area contributed by atoms with Gasteiger partial charge in [-0.3, -0.25) is 0 Å². The first-order valence-corrected chi connectivity index (χ1v) is 14.7. The first-order valence-electron chi connectivity index (χ1n) is 14.7. The molecule has 3 heteroatoms. The maximum Gasteiger partial charge on any atom is 0.162 e. The van der Waals surface area contributed by atoms with Gasteiger partial charge in [-0.1, -0.05) is 58.1 Å². The summed E-state index contributed by atoms with van der Waals surface area (Å²) in [6, 6.07) is 3.64. The van der Waals surface area contributed by atoms with E-state index in [0.717, 1.165) is 62.4 Å². The smallest absolute Gasteiger partial charge is 0.162 e. The van der Waals surface area contributed by atoms with E-state index in [9.17, 15) is 8.78 Å². The van der Waals surface area contributed by atoms with Crippen LogP contribution in [0.2, 0.25) is 0 Å². The lowest BCUT2D eigenvalue weighted by Crippen LogP contribution is -2.29. The van der Waals surface area contributed by atoms with Gasteiger partial charge in [0.2, 0.25) is 0 Å². The molecule has 0 amide bonds. The summed E-state index contributed by atoms with van der Waals surface area (Å²) >= 11 is 0. The van der Waals surface area contributed by atoms with Crippen molar-refractivity contribution >= 4 is 0 Å². The van der Waals surface area contributed by atoms with Crippen molar-refractivity contribution in [3.05, 3.63) is 34.9 Å². The zero-order valence-corrected chi connectivity index (χ0v) is 21.8. The summed E-state index contributed by atoms with van der Waals surface area (Å²) in [6.45, 7) is 5.23. The largest absolute Gasteiger partial charge is 0.378 e. The number of aryl methyl sites for hydroxylation is 1. The third-order valence-electron chi connectivity index (χ3n) is 9.54. The van der Waals surface area contributed by atoms with Crippen LogP contribution in [0.1, 0.15) is 127 Å². The Morgan fingerprint density at radius 1 is 0.706 bits per heavy atom. The SMILES string of the molecule is CCCc1ccc(C2CCC(OCC3CCC(C4CCC(CCC)CC4)CC3)CC2)c(F)c1F. The van der Waals surface area contributed by atoms with Crippen molar-refractivity contribution in [3.8, 4) is 0 Å². The van der Waals surface area contributed by atoms with Crippen LogP contribution in [0.5, 0.6) is 0 Å². The highest BCUT2D eigenvalue weighted by molar-refractivity contribution is 5.29. The van der Waals surface area contributed by atoms with Gasteiger partial charge >= 0.3 is 0 Å². The minimum absolute atomic E-state index is 0.132. The summed E-state index contributed by atoms with van der Waals surface area (Å²) < 4.78 is 35.4. The van der Waals surface area contributed by atoms with Crippen molar-refractivity contribution in [2.45, 2.75) is 129 Å². The minimum atomic E-state index is -0.623. The Morgan fingerprint density at radius 3 is 1.91 bits per heavy atom. The normalized spacial score (nSPS) is 32.6. The second kappa shape index (κ2) is 12.8. The molecule has 3 aliphatic carbocycles. The molecule has 0 saturated heterocycles. The molecule has 0 aliphatic heterocycles. The van der Waals surface area contributed by atoms with Gasteiger partial charge in [0, 0.05) is 6.61 Å². The van der Waals surface area contributed by atoms with Gasteiger partial charge in [0.15, 0.2) is 11.6 Å². The van der Waals surface area contributed by atoms with Crippen molar-refractivity contribution in [1.29, 1.82) is 0 Å². The predicted octanol–water partition coefficient (Wildman–Crippen LogP) is 9.37. The lowest BCUT2D eigenvalue weighted by atomic mass is 9.69. The van der Waals surface area contributed by atoms with E-state index in [2.05, 4.69) is 6.92 Å². The van der Waals surface area contributed by atoms with Crippen LogP contribution in [0.3, 0.4) is 0 Å². The average molecular weight is 475 g/mol. The lowest BCUT2D eigenvalue weighted by Gasteiger charge is -2.38. The number of hydrogen-bond acceptors (Lipinski definition) is 1. The summed E-state index contributed by atoms with van der Waals surface area (Å²) in [5.74, 6) is 2.60. The third kappa shape index (κ3) is 6.62. The molecule has 1 aromatic carbocycles. The van der Waals surface area contributed by atoms with E-state index in [4.69, 9.17) is 4.74 Å². The number of benzene rings is 1. The van der Waals surface area contributed by atoms with E-state index in [1.165, 1.54) is 64.2 Å². The van der Waals surface area contributed by atoms with Gasteiger partial charge in [0.25, 0.3) is 0 Å². The van der Waals surface area contributed by atoms with E-state index in [1.54, 1.807) is 6.07 Å². The molecular weight excluding hydrogens is 426 g/mol. The van der Waals surface area contributed by atoms with Crippen molar-refractivity contribution < 1.29 is 13.5 Å². The molecule has 3 fully saturated rings. The molecule has 0 unspecified atom stereocenters. The van der Waals surface area contributed by atoms with Crippen LogP contribution in [-0.4, -0.2) is 12.7 Å². The van der Waals surface area contributed by atoms with E-state index in [1.807, 2.05) is 13.0 Å². The number of halogens is 2. The fraction of sp³-hybridized carbons (Fsp3) is 0.806. The Hall–Kier alpha value is -0.960. The van der Waals surface area contributed by atoms with Crippen LogP contribution >= 0.6 is 0 Å². The van der Waals surface area contributed by atoms with Gasteiger partial charge in [0.05, 0.1) is 6.10 Å². The molecular formula is C31H48F2O. The van der Waals surface area contributed by atoms with Gasteiger partial charge in [-0.25, -0.2) is 8.78 Å². The van der Waals surface area contributed by atoms with Crippen LogP contribution < -0.4 is 0 Å². The van der Waals surface area contributed by atoms with Gasteiger partial charge in [0.1, 0.15) is 0 Å². The van der Waals surface area contributed by atoms with Crippen molar-refractivity contribution in [2.75, 3.05) is 6.61 Å². The number of rotatable bonds is 9. The second-order valence-corrected chi connectivity index (χ2v) is 11.8. The maximum atomic E-state index is 14.7. The molecule has 0 bridgehead atoms. The van der Waals surface area contributed by atoms with Crippen molar-refractivity contribution in [2.24, 2.45) is 23.7 Å². The zero-order valence-electron chi connectivity index (χ0n) is 21.8. The molecule has 0 spiro atoms. The molecule has 0 atom stereocenters. The first-order chi connectivity index (χ1) is 16.6. The highest BCUT2D eigenvalue weighted by atomic mass is 19.2. The topological polar surface area (TPSA) is 9.23 Å². The first kappa shape index (κ1) is 26.1. The van der Waals surface area contributed by atoms with Gasteiger partial charge in [-0.05, 0) is 111 Å². The van der Waals surface area contributed by atoms with E-state index in [-0.39, 0.29) is 5.92 Å². The van der Waals surface area contributed by atoms with E-state index in [0.29, 0.717) is 23.7 Å². The highest BCUT2D eigenvalue weighted by Crippen LogP contribution is 2.43. The fourth-order valence-corrected chi connectivity index (χ4v) is 7.38. The molecule has 1 nitrogen and oxygen atoms in total. The van der Waals surface area contributed by atoms with Gasteiger partial charge < -0.3 is 4.74 Å². The second-order valence-electron chi connectivity index (χ2n) is 11.8. The molecule has 3 saturated carbocycles. The Balaban J connectivity index is 1.15. The summed E-state index contributed by atoms with van der Waals surface area (Å²) in [5, 5.41) is 0. The summed E-state index contributed by atoms with van der Waals surface area (Å²) in [6.07, 6.45) is 19.7. The average Bonchev–Trinajstić information content (AvgIpc) is 2.87. The van der Waals surface area contributed by atoms with Crippen molar-refractivity contribution in [1.82, 2.24) is 0 Å².